The SMILES string of the molecule is c1ccc([C@@H]2CCCN(CCNC3CCSCC3)C2)cc1. The molecule has 2 aliphatic heterocycles. The van der Waals surface area contributed by atoms with Crippen molar-refractivity contribution in [2.24, 2.45) is 0 Å². The fraction of sp³-hybridized carbons (Fsp3) is 0.667. The molecule has 0 radical (unpaired) electrons. The first-order chi connectivity index (χ1) is 10.4. The normalized spacial score (nSPS) is 25.0. The zero-order chi connectivity index (χ0) is 14.3. The van der Waals surface area contributed by atoms with Crippen molar-refractivity contribution in [3.05, 3.63) is 35.9 Å². The smallest absolute Gasteiger partial charge is 0.0107 e. The summed E-state index contributed by atoms with van der Waals surface area (Å²) in [6, 6.07) is 11.9. The van der Waals surface area contributed by atoms with Gasteiger partial charge in [-0.05, 0) is 55.2 Å². The summed E-state index contributed by atoms with van der Waals surface area (Å²) in [7, 11) is 0. The second kappa shape index (κ2) is 8.21. The van der Waals surface area contributed by atoms with Gasteiger partial charge in [0.15, 0.2) is 0 Å². The topological polar surface area (TPSA) is 15.3 Å². The number of hydrogen-bond donors (Lipinski definition) is 1. The van der Waals surface area contributed by atoms with Gasteiger partial charge in [-0.1, -0.05) is 30.3 Å². The maximum absolute atomic E-state index is 3.77. The highest BCUT2D eigenvalue weighted by atomic mass is 32.2. The lowest BCUT2D eigenvalue weighted by atomic mass is 9.91. The Bertz CT molecular complexity index is 403. The summed E-state index contributed by atoms with van der Waals surface area (Å²) in [5.74, 6) is 3.43. The standard InChI is InChI=1S/C18H28N2S/c1-2-5-16(6-3-1)17-7-4-11-20(15-17)12-10-19-18-8-13-21-14-9-18/h1-3,5-6,17-19H,4,7-15H2/t17-/m1/s1. The van der Waals surface area contributed by atoms with Crippen LogP contribution in [0, 0.1) is 0 Å². The van der Waals surface area contributed by atoms with Gasteiger partial charge in [0.1, 0.15) is 0 Å². The molecule has 21 heavy (non-hydrogen) atoms. The summed E-state index contributed by atoms with van der Waals surface area (Å²) < 4.78 is 0. The van der Waals surface area contributed by atoms with Crippen LogP contribution in [0.3, 0.4) is 0 Å². The quantitative estimate of drug-likeness (QED) is 0.898. The van der Waals surface area contributed by atoms with Crippen molar-refractivity contribution in [3.8, 4) is 0 Å². The molecule has 0 bridgehead atoms. The van der Waals surface area contributed by atoms with Crippen molar-refractivity contribution in [2.75, 3.05) is 37.7 Å². The lowest BCUT2D eigenvalue weighted by Gasteiger charge is -2.33. The summed E-state index contributed by atoms with van der Waals surface area (Å²) in [4.78, 5) is 2.66. The summed E-state index contributed by atoms with van der Waals surface area (Å²) in [5.41, 5.74) is 1.53. The van der Waals surface area contributed by atoms with Gasteiger partial charge in [-0.2, -0.15) is 11.8 Å². The number of nitrogens with one attached hydrogen (secondary N) is 1. The molecule has 2 saturated heterocycles. The molecule has 0 amide bonds. The van der Waals surface area contributed by atoms with Gasteiger partial charge in [0, 0.05) is 25.7 Å². The number of nitrogens with zero attached hydrogens (tertiary/aromatic N) is 1. The van der Waals surface area contributed by atoms with Crippen molar-refractivity contribution in [1.29, 1.82) is 0 Å². The van der Waals surface area contributed by atoms with Gasteiger partial charge >= 0.3 is 0 Å². The van der Waals surface area contributed by atoms with Crippen LogP contribution >= 0.6 is 11.8 Å². The van der Waals surface area contributed by atoms with E-state index in [4.69, 9.17) is 0 Å². The average Bonchev–Trinajstić information content (AvgIpc) is 2.57. The van der Waals surface area contributed by atoms with Crippen LogP contribution in [0.4, 0.5) is 0 Å². The highest BCUT2D eigenvalue weighted by molar-refractivity contribution is 7.99. The number of thioether (sulfide) groups is 1. The van der Waals surface area contributed by atoms with Crippen molar-refractivity contribution in [3.63, 3.8) is 0 Å². The molecule has 3 rings (SSSR count). The van der Waals surface area contributed by atoms with E-state index >= 15 is 0 Å². The highest BCUT2D eigenvalue weighted by Crippen LogP contribution is 2.26. The Labute approximate surface area is 133 Å². The monoisotopic (exact) mass is 304 g/mol. The van der Waals surface area contributed by atoms with Crippen LogP contribution in [0.5, 0.6) is 0 Å². The zero-order valence-electron chi connectivity index (χ0n) is 13.0. The van der Waals surface area contributed by atoms with Crippen LogP contribution in [0.1, 0.15) is 37.2 Å². The van der Waals surface area contributed by atoms with E-state index in [0.29, 0.717) is 0 Å². The first-order valence-electron chi connectivity index (χ1n) is 8.50. The Hall–Kier alpha value is -0.510. The van der Waals surface area contributed by atoms with Gasteiger partial charge in [0.25, 0.3) is 0 Å². The molecule has 1 aromatic rings. The lowest BCUT2D eigenvalue weighted by molar-refractivity contribution is 0.205. The summed E-state index contributed by atoms with van der Waals surface area (Å²) in [6.45, 7) is 4.90. The van der Waals surface area contributed by atoms with Crippen LogP contribution in [0.15, 0.2) is 30.3 Å². The summed E-state index contributed by atoms with van der Waals surface area (Å²) in [5, 5.41) is 3.77. The maximum Gasteiger partial charge on any atom is 0.0107 e. The maximum atomic E-state index is 3.77. The Morgan fingerprint density at radius 1 is 1.10 bits per heavy atom. The second-order valence-electron chi connectivity index (χ2n) is 6.39. The van der Waals surface area contributed by atoms with Crippen molar-refractivity contribution in [1.82, 2.24) is 10.2 Å². The minimum Gasteiger partial charge on any atom is -0.313 e. The Kier molecular flexibility index (Phi) is 6.02. The van der Waals surface area contributed by atoms with Crippen LogP contribution < -0.4 is 5.32 Å². The molecule has 1 aromatic carbocycles. The third-order valence-electron chi connectivity index (χ3n) is 4.86. The van der Waals surface area contributed by atoms with E-state index in [1.165, 1.54) is 62.4 Å². The van der Waals surface area contributed by atoms with E-state index in [9.17, 15) is 0 Å². The van der Waals surface area contributed by atoms with Gasteiger partial charge < -0.3 is 10.2 Å². The molecule has 2 fully saturated rings. The number of benzene rings is 1. The molecule has 0 spiro atoms. The van der Waals surface area contributed by atoms with Crippen molar-refractivity contribution < 1.29 is 0 Å². The fourth-order valence-corrected chi connectivity index (χ4v) is 4.69. The molecule has 3 heteroatoms. The summed E-state index contributed by atoms with van der Waals surface area (Å²) >= 11 is 2.11. The molecule has 0 aromatic heterocycles. The second-order valence-corrected chi connectivity index (χ2v) is 7.62. The molecule has 1 atom stereocenters. The van der Waals surface area contributed by atoms with Gasteiger partial charge in [-0.3, -0.25) is 0 Å². The molecule has 0 saturated carbocycles. The molecule has 2 heterocycles. The van der Waals surface area contributed by atoms with Crippen molar-refractivity contribution >= 4 is 11.8 Å². The van der Waals surface area contributed by atoms with E-state index in [1.54, 1.807) is 0 Å². The number of hydrogen-bond acceptors (Lipinski definition) is 3. The molecular formula is C18H28N2S. The van der Waals surface area contributed by atoms with Gasteiger partial charge in [0.05, 0.1) is 0 Å². The largest absolute Gasteiger partial charge is 0.313 e. The lowest BCUT2D eigenvalue weighted by Crippen LogP contribution is -2.42. The fourth-order valence-electron chi connectivity index (χ4n) is 3.58. The predicted molar refractivity (Wildman–Crippen MR) is 93.2 cm³/mol. The molecule has 0 aliphatic carbocycles. The first-order valence-corrected chi connectivity index (χ1v) is 9.66. The van der Waals surface area contributed by atoms with Crippen LogP contribution in [-0.2, 0) is 0 Å². The molecule has 116 valence electrons. The number of likely N-dealkylation sites (tertiary alicyclic amines) is 1. The first kappa shape index (κ1) is 15.4. The van der Waals surface area contributed by atoms with E-state index in [1.807, 2.05) is 0 Å². The predicted octanol–water partition coefficient (Wildman–Crippen LogP) is 3.35. The Morgan fingerprint density at radius 2 is 1.90 bits per heavy atom. The minimum absolute atomic E-state index is 0.742. The van der Waals surface area contributed by atoms with Gasteiger partial charge in [0.2, 0.25) is 0 Å². The summed E-state index contributed by atoms with van der Waals surface area (Å²) in [6.07, 6.45) is 5.42. The van der Waals surface area contributed by atoms with Crippen LogP contribution in [-0.4, -0.2) is 48.6 Å². The molecule has 1 N–H and O–H groups in total. The third kappa shape index (κ3) is 4.73. The van der Waals surface area contributed by atoms with Gasteiger partial charge in [-0.25, -0.2) is 0 Å². The Balaban J connectivity index is 1.41. The van der Waals surface area contributed by atoms with Crippen LogP contribution in [0.2, 0.25) is 0 Å². The molecule has 0 unspecified atom stereocenters. The highest BCUT2D eigenvalue weighted by Gasteiger charge is 2.21. The van der Waals surface area contributed by atoms with E-state index in [2.05, 4.69) is 52.3 Å². The van der Waals surface area contributed by atoms with Crippen LogP contribution in [0.25, 0.3) is 0 Å². The van der Waals surface area contributed by atoms with E-state index in [0.717, 1.165) is 18.5 Å². The molecule has 2 nitrogen and oxygen atoms in total. The van der Waals surface area contributed by atoms with E-state index < -0.39 is 0 Å². The third-order valence-corrected chi connectivity index (χ3v) is 5.91. The molecular weight excluding hydrogens is 276 g/mol. The van der Waals surface area contributed by atoms with Gasteiger partial charge in [-0.15, -0.1) is 0 Å². The average molecular weight is 305 g/mol. The minimum atomic E-state index is 0.742. The molecule has 2 aliphatic rings. The number of piperidine rings is 1. The zero-order valence-corrected chi connectivity index (χ0v) is 13.8. The van der Waals surface area contributed by atoms with Crippen molar-refractivity contribution in [2.45, 2.75) is 37.6 Å². The Morgan fingerprint density at radius 3 is 2.71 bits per heavy atom. The van der Waals surface area contributed by atoms with E-state index in [-0.39, 0.29) is 0 Å². The number of rotatable bonds is 5.